The summed E-state index contributed by atoms with van der Waals surface area (Å²) in [4.78, 5) is 13.0. The molecule has 0 radical (unpaired) electrons. The van der Waals surface area contributed by atoms with Crippen LogP contribution >= 0.6 is 11.6 Å². The molecule has 3 aromatic rings. The maximum atomic E-state index is 13.7. The Labute approximate surface area is 212 Å². The molecular weight excluding hydrogens is 482 g/mol. The van der Waals surface area contributed by atoms with Crippen LogP contribution in [0.1, 0.15) is 40.3 Å². The zero-order chi connectivity index (χ0) is 25.6. The van der Waals surface area contributed by atoms with Crippen molar-refractivity contribution in [3.8, 4) is 0 Å². The molecule has 3 rings (SSSR count). The van der Waals surface area contributed by atoms with Crippen molar-refractivity contribution in [3.05, 3.63) is 99.1 Å². The number of hydrazone groups is 1. The van der Waals surface area contributed by atoms with Crippen LogP contribution in [0.5, 0.6) is 0 Å². The predicted molar refractivity (Wildman–Crippen MR) is 141 cm³/mol. The van der Waals surface area contributed by atoms with Crippen LogP contribution in [-0.4, -0.2) is 31.4 Å². The van der Waals surface area contributed by atoms with Gasteiger partial charge in [-0.2, -0.15) is 9.41 Å². The van der Waals surface area contributed by atoms with Crippen LogP contribution in [0, 0.1) is 20.8 Å². The predicted octanol–water partition coefficient (Wildman–Crippen LogP) is 5.17. The number of amides is 1. The second-order valence-corrected chi connectivity index (χ2v) is 10.8. The number of aryl methyl sites for hydroxylation is 4. The summed E-state index contributed by atoms with van der Waals surface area (Å²) in [7, 11) is -3.98. The van der Waals surface area contributed by atoms with E-state index in [4.69, 9.17) is 11.6 Å². The molecule has 0 fully saturated rings. The van der Waals surface area contributed by atoms with Crippen LogP contribution in [0.25, 0.3) is 0 Å². The molecule has 0 aliphatic rings. The quantitative estimate of drug-likeness (QED) is 0.318. The summed E-state index contributed by atoms with van der Waals surface area (Å²) in [5.41, 5.74) is 7.45. The molecule has 0 bridgehead atoms. The van der Waals surface area contributed by atoms with Gasteiger partial charge >= 0.3 is 0 Å². The van der Waals surface area contributed by atoms with E-state index in [0.29, 0.717) is 21.7 Å². The minimum Gasteiger partial charge on any atom is -0.272 e. The minimum absolute atomic E-state index is 0.0157. The molecule has 0 heterocycles. The molecule has 184 valence electrons. The van der Waals surface area contributed by atoms with Gasteiger partial charge in [0.15, 0.2) is 0 Å². The van der Waals surface area contributed by atoms with Crippen molar-refractivity contribution in [2.75, 3.05) is 6.54 Å². The third-order valence-corrected chi connectivity index (χ3v) is 7.94. The molecule has 1 N–H and O–H groups in total. The van der Waals surface area contributed by atoms with Crippen molar-refractivity contribution in [1.82, 2.24) is 9.73 Å². The highest BCUT2D eigenvalue weighted by atomic mass is 35.5. The van der Waals surface area contributed by atoms with Crippen LogP contribution in [0.4, 0.5) is 0 Å². The number of benzene rings is 3. The monoisotopic (exact) mass is 511 g/mol. The minimum atomic E-state index is -3.98. The standard InChI is InChI=1S/C27H30ClN3O3S/c1-5-22-6-8-23(9-7-22)16-29-30-26(32)18-31(17-24-10-12-25(28)13-11-24)35(33,34)27-20(3)14-19(2)15-21(27)4/h6-16H,5,17-18H2,1-4H3,(H,30,32)/b29-16+. The Balaban J connectivity index is 1.84. The Morgan fingerprint density at radius 2 is 1.54 bits per heavy atom. The molecule has 0 saturated carbocycles. The molecule has 0 atom stereocenters. The SMILES string of the molecule is CCc1ccc(/C=N/NC(=O)CN(Cc2ccc(Cl)cc2)S(=O)(=O)c2c(C)cc(C)cc2C)cc1. The maximum Gasteiger partial charge on any atom is 0.255 e. The van der Waals surface area contributed by atoms with Crippen molar-refractivity contribution in [3.63, 3.8) is 0 Å². The first-order valence-electron chi connectivity index (χ1n) is 11.3. The molecular formula is C27H30ClN3O3S. The molecule has 3 aromatic carbocycles. The third kappa shape index (κ3) is 7.01. The fourth-order valence-corrected chi connectivity index (χ4v) is 5.86. The topological polar surface area (TPSA) is 78.8 Å². The van der Waals surface area contributed by atoms with Crippen molar-refractivity contribution in [1.29, 1.82) is 0 Å². The summed E-state index contributed by atoms with van der Waals surface area (Å²) in [6.45, 7) is 7.16. The van der Waals surface area contributed by atoms with Gasteiger partial charge in [0.25, 0.3) is 5.91 Å². The number of carbonyl (C=O) groups excluding carboxylic acids is 1. The van der Waals surface area contributed by atoms with Gasteiger partial charge < -0.3 is 0 Å². The molecule has 0 aliphatic carbocycles. The maximum absolute atomic E-state index is 13.7. The van der Waals surface area contributed by atoms with Crippen molar-refractivity contribution >= 4 is 33.7 Å². The lowest BCUT2D eigenvalue weighted by Crippen LogP contribution is -2.39. The molecule has 0 spiro atoms. The molecule has 0 aromatic heterocycles. The van der Waals surface area contributed by atoms with E-state index in [-0.39, 0.29) is 18.0 Å². The number of carbonyl (C=O) groups is 1. The summed E-state index contributed by atoms with van der Waals surface area (Å²) in [6.07, 6.45) is 2.47. The molecule has 0 saturated heterocycles. The highest BCUT2D eigenvalue weighted by molar-refractivity contribution is 7.89. The number of halogens is 1. The molecule has 8 heteroatoms. The van der Waals surface area contributed by atoms with Gasteiger partial charge in [-0.25, -0.2) is 13.8 Å². The fraction of sp³-hybridized carbons (Fsp3) is 0.259. The number of sulfonamides is 1. The van der Waals surface area contributed by atoms with E-state index in [1.165, 1.54) is 16.1 Å². The van der Waals surface area contributed by atoms with Crippen LogP contribution in [0.3, 0.4) is 0 Å². The average Bonchev–Trinajstić information content (AvgIpc) is 2.79. The Kier molecular flexibility index (Phi) is 8.83. The highest BCUT2D eigenvalue weighted by Crippen LogP contribution is 2.26. The highest BCUT2D eigenvalue weighted by Gasteiger charge is 2.30. The van der Waals surface area contributed by atoms with E-state index in [1.807, 2.05) is 43.3 Å². The zero-order valence-corrected chi connectivity index (χ0v) is 21.9. The number of nitrogens with zero attached hydrogens (tertiary/aromatic N) is 2. The smallest absolute Gasteiger partial charge is 0.255 e. The third-order valence-electron chi connectivity index (χ3n) is 5.59. The van der Waals surface area contributed by atoms with E-state index in [0.717, 1.165) is 17.5 Å². The summed E-state index contributed by atoms with van der Waals surface area (Å²) >= 11 is 5.99. The van der Waals surface area contributed by atoms with Gasteiger partial charge in [0.1, 0.15) is 0 Å². The summed E-state index contributed by atoms with van der Waals surface area (Å²) in [6, 6.07) is 18.3. The Morgan fingerprint density at radius 1 is 0.971 bits per heavy atom. The van der Waals surface area contributed by atoms with Crippen LogP contribution in [0.15, 0.2) is 70.7 Å². The molecule has 0 aliphatic heterocycles. The van der Waals surface area contributed by atoms with Gasteiger partial charge in [-0.1, -0.05) is 72.6 Å². The van der Waals surface area contributed by atoms with Gasteiger partial charge in [0.05, 0.1) is 17.7 Å². The normalized spacial score (nSPS) is 11.8. The molecule has 0 unspecified atom stereocenters. The van der Waals surface area contributed by atoms with Gasteiger partial charge in [-0.15, -0.1) is 0 Å². The van der Waals surface area contributed by atoms with Crippen molar-refractivity contribution < 1.29 is 13.2 Å². The van der Waals surface area contributed by atoms with Gasteiger partial charge in [-0.3, -0.25) is 4.79 Å². The number of hydrogen-bond acceptors (Lipinski definition) is 4. The Hall–Kier alpha value is -3.00. The molecule has 35 heavy (non-hydrogen) atoms. The lowest BCUT2D eigenvalue weighted by atomic mass is 10.1. The van der Waals surface area contributed by atoms with Crippen LogP contribution in [-0.2, 0) is 27.8 Å². The van der Waals surface area contributed by atoms with E-state index < -0.39 is 15.9 Å². The first-order valence-corrected chi connectivity index (χ1v) is 13.1. The number of rotatable bonds is 9. The van der Waals surface area contributed by atoms with Gasteiger partial charge in [0.2, 0.25) is 10.0 Å². The van der Waals surface area contributed by atoms with Gasteiger partial charge in [-0.05, 0) is 67.1 Å². The van der Waals surface area contributed by atoms with E-state index in [1.54, 1.807) is 38.1 Å². The number of nitrogens with one attached hydrogen (secondary N) is 1. The lowest BCUT2D eigenvalue weighted by Gasteiger charge is -2.24. The Bertz CT molecular complexity index is 1300. The second kappa shape index (κ2) is 11.6. The Morgan fingerprint density at radius 3 is 2.11 bits per heavy atom. The van der Waals surface area contributed by atoms with Crippen molar-refractivity contribution in [2.24, 2.45) is 5.10 Å². The first-order chi connectivity index (χ1) is 16.6. The van der Waals surface area contributed by atoms with Crippen molar-refractivity contribution in [2.45, 2.75) is 45.6 Å². The van der Waals surface area contributed by atoms with E-state index >= 15 is 0 Å². The zero-order valence-electron chi connectivity index (χ0n) is 20.4. The number of hydrogen-bond donors (Lipinski definition) is 1. The summed E-state index contributed by atoms with van der Waals surface area (Å²) in [5, 5.41) is 4.56. The summed E-state index contributed by atoms with van der Waals surface area (Å²) < 4.78 is 28.6. The lowest BCUT2D eigenvalue weighted by molar-refractivity contribution is -0.121. The van der Waals surface area contributed by atoms with Crippen LogP contribution < -0.4 is 5.43 Å². The molecule has 6 nitrogen and oxygen atoms in total. The van der Waals surface area contributed by atoms with E-state index in [9.17, 15) is 13.2 Å². The fourth-order valence-electron chi connectivity index (χ4n) is 3.94. The molecule has 1 amide bonds. The average molecular weight is 512 g/mol. The van der Waals surface area contributed by atoms with Crippen LogP contribution in [0.2, 0.25) is 5.02 Å². The summed E-state index contributed by atoms with van der Waals surface area (Å²) in [5.74, 6) is -0.536. The second-order valence-electron chi connectivity index (χ2n) is 8.52. The largest absolute Gasteiger partial charge is 0.272 e. The van der Waals surface area contributed by atoms with E-state index in [2.05, 4.69) is 17.5 Å². The van der Waals surface area contributed by atoms with Gasteiger partial charge in [0, 0.05) is 11.6 Å². The first kappa shape index (κ1) is 26.6.